The molecule has 49 heavy (non-hydrogen) atoms. The van der Waals surface area contributed by atoms with Crippen LogP contribution in [-0.2, 0) is 0 Å². The number of hydrogen-bond acceptors (Lipinski definition) is 2. The highest BCUT2D eigenvalue weighted by Crippen LogP contribution is 2.43. The van der Waals surface area contributed by atoms with Crippen LogP contribution in [0.3, 0.4) is 0 Å². The molecule has 2 aromatic heterocycles. The summed E-state index contributed by atoms with van der Waals surface area (Å²) in [6, 6.07) is 64.8. The van der Waals surface area contributed by atoms with Crippen LogP contribution in [0.1, 0.15) is 0 Å². The Balaban J connectivity index is 1.14. The van der Waals surface area contributed by atoms with Crippen molar-refractivity contribution >= 4 is 71.6 Å². The first-order valence-corrected chi connectivity index (χ1v) is 16.7. The number of rotatable bonds is 5. The molecule has 8 aromatic carbocycles. The summed E-state index contributed by atoms with van der Waals surface area (Å²) in [7, 11) is 0. The van der Waals surface area contributed by atoms with Crippen molar-refractivity contribution in [3.05, 3.63) is 182 Å². The minimum Gasteiger partial charge on any atom is -0.456 e. The van der Waals surface area contributed by atoms with Gasteiger partial charge in [0.2, 0.25) is 0 Å². The van der Waals surface area contributed by atoms with Gasteiger partial charge in [-0.1, -0.05) is 103 Å². The van der Waals surface area contributed by atoms with E-state index in [1.54, 1.807) is 0 Å². The Bertz CT molecular complexity index is 2770. The van der Waals surface area contributed by atoms with Gasteiger partial charge in [0.25, 0.3) is 0 Å². The Labute approximate surface area is 283 Å². The third kappa shape index (κ3) is 4.37. The van der Waals surface area contributed by atoms with E-state index in [2.05, 4.69) is 191 Å². The highest BCUT2D eigenvalue weighted by molar-refractivity contribution is 6.21. The predicted molar refractivity (Wildman–Crippen MR) is 206 cm³/mol. The normalized spacial score (nSPS) is 11.7. The molecule has 0 unspecified atom stereocenters. The topological polar surface area (TPSA) is 21.3 Å². The first-order valence-electron chi connectivity index (χ1n) is 16.7. The van der Waals surface area contributed by atoms with Crippen molar-refractivity contribution < 1.29 is 4.42 Å². The van der Waals surface area contributed by atoms with E-state index in [1.165, 1.54) is 32.6 Å². The highest BCUT2D eigenvalue weighted by Gasteiger charge is 2.19. The van der Waals surface area contributed by atoms with E-state index in [4.69, 9.17) is 4.42 Å². The Kier molecular flexibility index (Phi) is 6.18. The summed E-state index contributed by atoms with van der Waals surface area (Å²) in [6.07, 6.45) is 0. The van der Waals surface area contributed by atoms with Crippen LogP contribution < -0.4 is 4.90 Å². The summed E-state index contributed by atoms with van der Waals surface area (Å²) in [5, 5.41) is 7.11. The van der Waals surface area contributed by atoms with Crippen LogP contribution in [0.25, 0.3) is 71.3 Å². The van der Waals surface area contributed by atoms with Crippen LogP contribution in [0.15, 0.2) is 186 Å². The molecule has 3 nitrogen and oxygen atoms in total. The van der Waals surface area contributed by atoms with Gasteiger partial charge in [0.15, 0.2) is 0 Å². The van der Waals surface area contributed by atoms with E-state index in [0.29, 0.717) is 0 Å². The SMILES string of the molecule is c1ccc(N(c2ccccc2)c2cccc3c2ccc2oc4cc(-c5ccc6c7ccccc7n(-c7ccccc7)c6c5)ccc4c23)cc1. The molecule has 0 saturated heterocycles. The van der Waals surface area contributed by atoms with Crippen molar-refractivity contribution in [1.82, 2.24) is 4.57 Å². The van der Waals surface area contributed by atoms with E-state index in [-0.39, 0.29) is 0 Å². The minimum absolute atomic E-state index is 0.886. The lowest BCUT2D eigenvalue weighted by molar-refractivity contribution is 0.669. The molecule has 10 aromatic rings. The highest BCUT2D eigenvalue weighted by atomic mass is 16.3. The number of benzene rings is 8. The van der Waals surface area contributed by atoms with Crippen molar-refractivity contribution in [1.29, 1.82) is 0 Å². The van der Waals surface area contributed by atoms with Crippen molar-refractivity contribution in [3.63, 3.8) is 0 Å². The average Bonchev–Trinajstić information content (AvgIpc) is 3.71. The van der Waals surface area contributed by atoms with E-state index in [0.717, 1.165) is 55.8 Å². The van der Waals surface area contributed by atoms with Crippen molar-refractivity contribution in [2.45, 2.75) is 0 Å². The molecule has 0 saturated carbocycles. The Morgan fingerprint density at radius 2 is 0.980 bits per heavy atom. The summed E-state index contributed by atoms with van der Waals surface area (Å²) in [6.45, 7) is 0. The first kappa shape index (κ1) is 27.5. The molecule has 2 heterocycles. The van der Waals surface area contributed by atoms with Crippen LogP contribution in [0, 0.1) is 0 Å². The molecule has 0 atom stereocenters. The molecule has 0 aliphatic carbocycles. The minimum atomic E-state index is 0.886. The number of fused-ring (bicyclic) bond motifs is 8. The quantitative estimate of drug-likeness (QED) is 0.190. The second-order valence-electron chi connectivity index (χ2n) is 12.6. The maximum atomic E-state index is 6.60. The fourth-order valence-electron chi connectivity index (χ4n) is 7.58. The van der Waals surface area contributed by atoms with Crippen LogP contribution in [-0.4, -0.2) is 4.57 Å². The van der Waals surface area contributed by atoms with Crippen LogP contribution in [0.5, 0.6) is 0 Å². The number of hydrogen-bond donors (Lipinski definition) is 0. The van der Waals surface area contributed by atoms with Gasteiger partial charge in [-0.2, -0.15) is 0 Å². The molecule has 0 radical (unpaired) electrons. The molecule has 0 amide bonds. The fraction of sp³-hybridized carbons (Fsp3) is 0. The van der Waals surface area contributed by atoms with Crippen molar-refractivity contribution in [3.8, 4) is 16.8 Å². The lowest BCUT2D eigenvalue weighted by atomic mass is 9.99. The Morgan fingerprint density at radius 1 is 0.388 bits per heavy atom. The van der Waals surface area contributed by atoms with E-state index in [9.17, 15) is 0 Å². The van der Waals surface area contributed by atoms with Crippen molar-refractivity contribution in [2.24, 2.45) is 0 Å². The lowest BCUT2D eigenvalue weighted by Gasteiger charge is -2.26. The van der Waals surface area contributed by atoms with Gasteiger partial charge in [0.05, 0.1) is 16.7 Å². The Hall–Kier alpha value is -6.58. The molecule has 10 rings (SSSR count). The van der Waals surface area contributed by atoms with E-state index >= 15 is 0 Å². The predicted octanol–water partition coefficient (Wildman–Crippen LogP) is 13.0. The first-order chi connectivity index (χ1) is 24.3. The van der Waals surface area contributed by atoms with Crippen LogP contribution >= 0.6 is 0 Å². The van der Waals surface area contributed by atoms with Gasteiger partial charge < -0.3 is 13.9 Å². The summed E-state index contributed by atoms with van der Waals surface area (Å²) in [4.78, 5) is 2.33. The van der Waals surface area contributed by atoms with Gasteiger partial charge in [0, 0.05) is 44.0 Å². The van der Waals surface area contributed by atoms with Crippen LogP contribution in [0.2, 0.25) is 0 Å². The lowest BCUT2D eigenvalue weighted by Crippen LogP contribution is -2.10. The maximum absolute atomic E-state index is 6.60. The number of anilines is 3. The summed E-state index contributed by atoms with van der Waals surface area (Å²) in [5.74, 6) is 0. The molecule has 0 bridgehead atoms. The molecule has 0 N–H and O–H groups in total. The van der Waals surface area contributed by atoms with Gasteiger partial charge in [0.1, 0.15) is 11.2 Å². The van der Waals surface area contributed by atoms with Gasteiger partial charge >= 0.3 is 0 Å². The third-order valence-corrected chi connectivity index (χ3v) is 9.76. The van der Waals surface area contributed by atoms with Gasteiger partial charge in [-0.25, -0.2) is 0 Å². The number of aromatic nitrogens is 1. The maximum Gasteiger partial charge on any atom is 0.136 e. The second kappa shape index (κ2) is 11.0. The van der Waals surface area contributed by atoms with Crippen molar-refractivity contribution in [2.75, 3.05) is 4.90 Å². The zero-order chi connectivity index (χ0) is 32.3. The number of furan rings is 1. The summed E-state index contributed by atoms with van der Waals surface area (Å²) >= 11 is 0. The third-order valence-electron chi connectivity index (χ3n) is 9.76. The molecule has 0 aliphatic rings. The standard InChI is InChI=1S/C46H30N2O/c1-4-13-33(14-5-1)47(34-15-6-2-7-16-34)41-22-12-20-39-38(41)27-28-44-46(39)40-26-24-32(30-45(40)49-44)31-23-25-37-36-19-10-11-21-42(36)48(43(37)29-31)35-17-8-3-9-18-35/h1-30H. The van der Waals surface area contributed by atoms with Gasteiger partial charge in [-0.3, -0.25) is 0 Å². The summed E-state index contributed by atoms with van der Waals surface area (Å²) in [5.41, 5.74) is 11.0. The largest absolute Gasteiger partial charge is 0.456 e. The molecular formula is C46H30N2O. The van der Waals surface area contributed by atoms with E-state index in [1.807, 2.05) is 0 Å². The Morgan fingerprint density at radius 3 is 1.73 bits per heavy atom. The van der Waals surface area contributed by atoms with E-state index < -0.39 is 0 Å². The molecule has 0 spiro atoms. The second-order valence-corrected chi connectivity index (χ2v) is 12.6. The smallest absolute Gasteiger partial charge is 0.136 e. The number of para-hydroxylation sites is 4. The van der Waals surface area contributed by atoms with Gasteiger partial charge in [-0.05, 0) is 95.4 Å². The van der Waals surface area contributed by atoms with Crippen LogP contribution in [0.4, 0.5) is 17.1 Å². The number of nitrogens with zero attached hydrogens (tertiary/aromatic N) is 2. The average molecular weight is 627 g/mol. The van der Waals surface area contributed by atoms with Gasteiger partial charge in [-0.15, -0.1) is 0 Å². The summed E-state index contributed by atoms with van der Waals surface area (Å²) < 4.78 is 8.97. The zero-order valence-electron chi connectivity index (χ0n) is 26.6. The molecule has 0 fully saturated rings. The zero-order valence-corrected chi connectivity index (χ0v) is 26.6. The molecule has 3 heteroatoms. The monoisotopic (exact) mass is 626 g/mol. The molecular weight excluding hydrogens is 597 g/mol. The molecule has 0 aliphatic heterocycles. The molecule has 230 valence electrons. The fourth-order valence-corrected chi connectivity index (χ4v) is 7.58.